The van der Waals surface area contributed by atoms with Crippen LogP contribution in [0.4, 0.5) is 0 Å². The smallest absolute Gasteiger partial charge is 0.134 e. The van der Waals surface area contributed by atoms with Gasteiger partial charge in [0, 0.05) is 10.6 Å². The second-order valence-electron chi connectivity index (χ2n) is 3.51. The highest BCUT2D eigenvalue weighted by atomic mass is 35.5. The van der Waals surface area contributed by atoms with Crippen molar-refractivity contribution in [2.45, 2.75) is 0 Å². The first-order valence-corrected chi connectivity index (χ1v) is 5.70. The fourth-order valence-electron chi connectivity index (χ4n) is 1.53. The van der Waals surface area contributed by atoms with E-state index in [4.69, 9.17) is 27.9 Å². The third kappa shape index (κ3) is 2.48. The zero-order chi connectivity index (χ0) is 12.4. The Balaban J connectivity index is 2.55. The summed E-state index contributed by atoms with van der Waals surface area (Å²) in [6.45, 7) is 0. The van der Waals surface area contributed by atoms with Crippen LogP contribution in [-0.4, -0.2) is 12.2 Å². The normalized spacial score (nSPS) is 10.3. The number of methoxy groups -OCH3 is 1. The van der Waals surface area contributed by atoms with Crippen molar-refractivity contribution < 1.29 is 9.84 Å². The average molecular weight is 269 g/mol. The second kappa shape index (κ2) is 4.86. The fourth-order valence-corrected chi connectivity index (χ4v) is 1.93. The van der Waals surface area contributed by atoms with Crippen molar-refractivity contribution in [1.29, 1.82) is 0 Å². The Labute approximate surface area is 109 Å². The lowest BCUT2D eigenvalue weighted by atomic mass is 10.1. The van der Waals surface area contributed by atoms with Crippen LogP contribution in [0.2, 0.25) is 10.0 Å². The summed E-state index contributed by atoms with van der Waals surface area (Å²) >= 11 is 12.0. The van der Waals surface area contributed by atoms with E-state index in [-0.39, 0.29) is 5.75 Å². The Morgan fingerprint density at radius 3 is 2.41 bits per heavy atom. The maximum atomic E-state index is 9.37. The molecule has 2 aromatic rings. The summed E-state index contributed by atoms with van der Waals surface area (Å²) in [6, 6.07) is 10.3. The molecule has 88 valence electrons. The highest BCUT2D eigenvalue weighted by Gasteiger charge is 2.07. The van der Waals surface area contributed by atoms with Gasteiger partial charge in [-0.3, -0.25) is 0 Å². The van der Waals surface area contributed by atoms with Gasteiger partial charge in [0.2, 0.25) is 0 Å². The molecule has 0 heterocycles. The standard InChI is InChI=1S/C13H10Cl2O2/c1-17-9-3-4-11(14)10(7-9)8-2-5-13(16)12(15)6-8/h2-7,16H,1H3. The van der Waals surface area contributed by atoms with Crippen molar-refractivity contribution in [3.05, 3.63) is 46.4 Å². The van der Waals surface area contributed by atoms with Crippen molar-refractivity contribution in [3.8, 4) is 22.6 Å². The lowest BCUT2D eigenvalue weighted by Crippen LogP contribution is -1.85. The van der Waals surface area contributed by atoms with Gasteiger partial charge in [0.15, 0.2) is 0 Å². The van der Waals surface area contributed by atoms with Crippen LogP contribution in [0.25, 0.3) is 11.1 Å². The topological polar surface area (TPSA) is 29.5 Å². The monoisotopic (exact) mass is 268 g/mol. The zero-order valence-corrected chi connectivity index (χ0v) is 10.6. The summed E-state index contributed by atoms with van der Waals surface area (Å²) in [5.41, 5.74) is 1.64. The Morgan fingerprint density at radius 2 is 1.76 bits per heavy atom. The number of phenolic OH excluding ortho intramolecular Hbond substituents is 1. The summed E-state index contributed by atoms with van der Waals surface area (Å²) in [4.78, 5) is 0. The molecule has 4 heteroatoms. The first-order chi connectivity index (χ1) is 8.11. The van der Waals surface area contributed by atoms with Crippen molar-refractivity contribution >= 4 is 23.2 Å². The van der Waals surface area contributed by atoms with Gasteiger partial charge >= 0.3 is 0 Å². The van der Waals surface area contributed by atoms with E-state index in [1.807, 2.05) is 6.07 Å². The molecule has 17 heavy (non-hydrogen) atoms. The molecule has 2 aromatic carbocycles. The van der Waals surface area contributed by atoms with Crippen LogP contribution in [0.3, 0.4) is 0 Å². The maximum absolute atomic E-state index is 9.37. The third-order valence-corrected chi connectivity index (χ3v) is 3.06. The van der Waals surface area contributed by atoms with Crippen LogP contribution < -0.4 is 4.74 Å². The molecule has 0 aliphatic carbocycles. The Kier molecular flexibility index (Phi) is 3.46. The third-order valence-electron chi connectivity index (χ3n) is 2.43. The highest BCUT2D eigenvalue weighted by Crippen LogP contribution is 2.35. The maximum Gasteiger partial charge on any atom is 0.134 e. The van der Waals surface area contributed by atoms with Crippen LogP contribution in [0.1, 0.15) is 0 Å². The minimum absolute atomic E-state index is 0.0504. The number of aromatic hydroxyl groups is 1. The fraction of sp³-hybridized carbons (Fsp3) is 0.0769. The molecule has 0 aliphatic heterocycles. The minimum Gasteiger partial charge on any atom is -0.506 e. The Hall–Kier alpha value is -1.38. The average Bonchev–Trinajstić information content (AvgIpc) is 2.33. The molecule has 0 amide bonds. The summed E-state index contributed by atoms with van der Waals surface area (Å²) in [5, 5.41) is 10.3. The largest absolute Gasteiger partial charge is 0.506 e. The van der Waals surface area contributed by atoms with E-state index in [1.54, 1.807) is 31.4 Å². The van der Waals surface area contributed by atoms with Crippen molar-refractivity contribution in [2.24, 2.45) is 0 Å². The molecule has 1 N–H and O–H groups in total. The Morgan fingerprint density at radius 1 is 1.00 bits per heavy atom. The first-order valence-electron chi connectivity index (χ1n) is 4.94. The highest BCUT2D eigenvalue weighted by molar-refractivity contribution is 6.34. The number of hydrogen-bond donors (Lipinski definition) is 1. The SMILES string of the molecule is COc1ccc(Cl)c(-c2ccc(O)c(Cl)c2)c1. The molecule has 2 nitrogen and oxygen atoms in total. The molecule has 0 radical (unpaired) electrons. The lowest BCUT2D eigenvalue weighted by molar-refractivity contribution is 0.415. The molecule has 2 rings (SSSR count). The molecule has 0 saturated carbocycles. The molecule has 0 saturated heterocycles. The van der Waals surface area contributed by atoms with E-state index >= 15 is 0 Å². The van der Waals surface area contributed by atoms with E-state index in [9.17, 15) is 5.11 Å². The van der Waals surface area contributed by atoms with Gasteiger partial charge in [-0.05, 0) is 35.9 Å². The van der Waals surface area contributed by atoms with Gasteiger partial charge in [0.25, 0.3) is 0 Å². The van der Waals surface area contributed by atoms with E-state index in [2.05, 4.69) is 0 Å². The van der Waals surface area contributed by atoms with Gasteiger partial charge in [-0.2, -0.15) is 0 Å². The second-order valence-corrected chi connectivity index (χ2v) is 4.33. The van der Waals surface area contributed by atoms with Gasteiger partial charge in [0.05, 0.1) is 12.1 Å². The molecule has 0 spiro atoms. The summed E-state index contributed by atoms with van der Waals surface area (Å²) < 4.78 is 5.14. The summed E-state index contributed by atoms with van der Waals surface area (Å²) in [7, 11) is 1.59. The molecule has 0 aromatic heterocycles. The number of benzene rings is 2. The molecule has 0 fully saturated rings. The van der Waals surface area contributed by atoms with Gasteiger partial charge in [-0.1, -0.05) is 29.3 Å². The quantitative estimate of drug-likeness (QED) is 0.876. The van der Waals surface area contributed by atoms with Crippen LogP contribution in [0, 0.1) is 0 Å². The van der Waals surface area contributed by atoms with E-state index in [0.717, 1.165) is 11.1 Å². The predicted octanol–water partition coefficient (Wildman–Crippen LogP) is 4.37. The Bertz CT molecular complexity index is 553. The number of rotatable bonds is 2. The molecule has 0 aliphatic rings. The molecular weight excluding hydrogens is 259 g/mol. The van der Waals surface area contributed by atoms with Crippen LogP contribution in [0.15, 0.2) is 36.4 Å². The van der Waals surface area contributed by atoms with Crippen LogP contribution >= 0.6 is 23.2 Å². The van der Waals surface area contributed by atoms with E-state index < -0.39 is 0 Å². The van der Waals surface area contributed by atoms with Crippen molar-refractivity contribution in [2.75, 3.05) is 7.11 Å². The predicted molar refractivity (Wildman–Crippen MR) is 70.1 cm³/mol. The van der Waals surface area contributed by atoms with Crippen LogP contribution in [0.5, 0.6) is 11.5 Å². The van der Waals surface area contributed by atoms with Gasteiger partial charge in [-0.15, -0.1) is 0 Å². The van der Waals surface area contributed by atoms with Crippen LogP contribution in [-0.2, 0) is 0 Å². The lowest BCUT2D eigenvalue weighted by Gasteiger charge is -2.08. The van der Waals surface area contributed by atoms with E-state index in [0.29, 0.717) is 15.8 Å². The molecule has 0 unspecified atom stereocenters. The summed E-state index contributed by atoms with van der Waals surface area (Å²) in [5.74, 6) is 0.767. The zero-order valence-electron chi connectivity index (χ0n) is 9.08. The minimum atomic E-state index is 0.0504. The van der Waals surface area contributed by atoms with Gasteiger partial charge < -0.3 is 9.84 Å². The molecular formula is C13H10Cl2O2. The van der Waals surface area contributed by atoms with Crippen molar-refractivity contribution in [1.82, 2.24) is 0 Å². The van der Waals surface area contributed by atoms with E-state index in [1.165, 1.54) is 6.07 Å². The number of ether oxygens (including phenoxy) is 1. The molecule has 0 atom stereocenters. The number of phenols is 1. The number of halogens is 2. The number of hydrogen-bond acceptors (Lipinski definition) is 2. The van der Waals surface area contributed by atoms with Crippen molar-refractivity contribution in [3.63, 3.8) is 0 Å². The summed E-state index contributed by atoms with van der Waals surface area (Å²) in [6.07, 6.45) is 0. The van der Waals surface area contributed by atoms with Gasteiger partial charge in [-0.25, -0.2) is 0 Å². The first kappa shape index (κ1) is 12.1. The molecule has 0 bridgehead atoms. The van der Waals surface area contributed by atoms with Gasteiger partial charge in [0.1, 0.15) is 11.5 Å².